The molecule has 0 fully saturated rings. The summed E-state index contributed by atoms with van der Waals surface area (Å²) in [6.07, 6.45) is 0. The minimum absolute atomic E-state index is 0.735. The molecular formula is C9H10BrClS. The van der Waals surface area contributed by atoms with Crippen LogP contribution in [0.3, 0.4) is 0 Å². The predicted molar refractivity (Wildman–Crippen MR) is 61.0 cm³/mol. The van der Waals surface area contributed by atoms with Crippen molar-refractivity contribution in [2.75, 3.05) is 11.6 Å². The van der Waals surface area contributed by atoms with Gasteiger partial charge in [0.15, 0.2) is 0 Å². The van der Waals surface area contributed by atoms with Gasteiger partial charge >= 0.3 is 0 Å². The van der Waals surface area contributed by atoms with Gasteiger partial charge in [-0.05, 0) is 17.7 Å². The van der Waals surface area contributed by atoms with E-state index < -0.39 is 0 Å². The molecule has 0 N–H and O–H groups in total. The molecule has 0 aliphatic rings. The van der Waals surface area contributed by atoms with Gasteiger partial charge in [-0.2, -0.15) is 11.8 Å². The normalized spacial score (nSPS) is 10.2. The Bertz CT molecular complexity index is 240. The van der Waals surface area contributed by atoms with E-state index in [1.54, 1.807) is 0 Å². The largest absolute Gasteiger partial charge is 0.156 e. The standard InChI is InChI=1S/C9H10BrClS/c10-9-3-1-2-8(6-9)7-12-5-4-11/h1-3,6H,4-5,7H2. The molecule has 12 heavy (non-hydrogen) atoms. The number of halogens is 2. The summed E-state index contributed by atoms with van der Waals surface area (Å²) in [7, 11) is 0. The van der Waals surface area contributed by atoms with Gasteiger partial charge in [0.05, 0.1) is 0 Å². The molecule has 0 nitrogen and oxygen atoms in total. The molecule has 0 aromatic heterocycles. The van der Waals surface area contributed by atoms with E-state index in [-0.39, 0.29) is 0 Å². The second-order valence-electron chi connectivity index (χ2n) is 2.37. The summed E-state index contributed by atoms with van der Waals surface area (Å²) in [6.45, 7) is 0. The van der Waals surface area contributed by atoms with Gasteiger partial charge in [0.1, 0.15) is 0 Å². The van der Waals surface area contributed by atoms with Crippen LogP contribution in [0.2, 0.25) is 0 Å². The molecular weight excluding hydrogens is 256 g/mol. The first-order chi connectivity index (χ1) is 5.83. The Kier molecular flexibility index (Phi) is 5.12. The van der Waals surface area contributed by atoms with E-state index in [0.717, 1.165) is 21.9 Å². The first kappa shape index (κ1) is 10.4. The molecule has 1 aromatic carbocycles. The summed E-state index contributed by atoms with van der Waals surface area (Å²) >= 11 is 10.9. The van der Waals surface area contributed by atoms with Crippen LogP contribution in [0.4, 0.5) is 0 Å². The summed E-state index contributed by atoms with van der Waals surface area (Å²) in [6, 6.07) is 8.36. The lowest BCUT2D eigenvalue weighted by molar-refractivity contribution is 1.38. The van der Waals surface area contributed by atoms with E-state index in [2.05, 4.69) is 34.1 Å². The van der Waals surface area contributed by atoms with Crippen LogP contribution in [0, 0.1) is 0 Å². The lowest BCUT2D eigenvalue weighted by Gasteiger charge is -1.99. The number of thioether (sulfide) groups is 1. The maximum Gasteiger partial charge on any atom is 0.0314 e. The quantitative estimate of drug-likeness (QED) is 0.587. The van der Waals surface area contributed by atoms with Crippen LogP contribution in [0.15, 0.2) is 28.7 Å². The van der Waals surface area contributed by atoms with Crippen molar-refractivity contribution in [2.45, 2.75) is 5.75 Å². The Morgan fingerprint density at radius 3 is 2.92 bits per heavy atom. The van der Waals surface area contributed by atoms with E-state index in [4.69, 9.17) is 11.6 Å². The smallest absolute Gasteiger partial charge is 0.0314 e. The van der Waals surface area contributed by atoms with Gasteiger partial charge in [0.2, 0.25) is 0 Å². The van der Waals surface area contributed by atoms with Gasteiger partial charge in [-0.25, -0.2) is 0 Å². The second kappa shape index (κ2) is 5.90. The molecule has 0 heterocycles. The fourth-order valence-corrected chi connectivity index (χ4v) is 2.31. The monoisotopic (exact) mass is 264 g/mol. The van der Waals surface area contributed by atoms with E-state index >= 15 is 0 Å². The first-order valence-electron chi connectivity index (χ1n) is 3.71. The zero-order valence-corrected chi connectivity index (χ0v) is 9.75. The minimum Gasteiger partial charge on any atom is -0.156 e. The third-order valence-corrected chi connectivity index (χ3v) is 3.32. The van der Waals surface area contributed by atoms with Gasteiger partial charge in [-0.3, -0.25) is 0 Å². The highest BCUT2D eigenvalue weighted by Crippen LogP contribution is 2.16. The van der Waals surface area contributed by atoms with Gasteiger partial charge in [-0.15, -0.1) is 11.6 Å². The van der Waals surface area contributed by atoms with Crippen molar-refractivity contribution in [3.8, 4) is 0 Å². The number of hydrogen-bond donors (Lipinski definition) is 0. The SMILES string of the molecule is ClCCSCc1cccc(Br)c1. The maximum absolute atomic E-state index is 5.57. The lowest BCUT2D eigenvalue weighted by atomic mass is 10.2. The molecule has 3 heteroatoms. The van der Waals surface area contributed by atoms with Crippen LogP contribution in [-0.4, -0.2) is 11.6 Å². The molecule has 0 radical (unpaired) electrons. The molecule has 1 aromatic rings. The lowest BCUT2D eigenvalue weighted by Crippen LogP contribution is -1.83. The van der Waals surface area contributed by atoms with Gasteiger partial charge in [0.25, 0.3) is 0 Å². The van der Waals surface area contributed by atoms with E-state index in [1.165, 1.54) is 5.56 Å². The highest BCUT2D eigenvalue weighted by Gasteiger charge is 1.93. The maximum atomic E-state index is 5.57. The third-order valence-electron chi connectivity index (χ3n) is 1.38. The Balaban J connectivity index is 2.41. The number of benzene rings is 1. The van der Waals surface area contributed by atoms with Crippen molar-refractivity contribution in [3.05, 3.63) is 34.3 Å². The highest BCUT2D eigenvalue weighted by atomic mass is 79.9. The molecule has 0 saturated heterocycles. The minimum atomic E-state index is 0.735. The average Bonchev–Trinajstić information content (AvgIpc) is 2.05. The van der Waals surface area contributed by atoms with Crippen molar-refractivity contribution >= 4 is 39.3 Å². The van der Waals surface area contributed by atoms with Gasteiger partial charge < -0.3 is 0 Å². The zero-order valence-electron chi connectivity index (χ0n) is 6.59. The van der Waals surface area contributed by atoms with Crippen LogP contribution in [0.5, 0.6) is 0 Å². The molecule has 0 aliphatic carbocycles. The summed E-state index contributed by atoms with van der Waals surface area (Å²) in [5, 5.41) is 0. The summed E-state index contributed by atoms with van der Waals surface area (Å²) < 4.78 is 1.14. The van der Waals surface area contributed by atoms with Crippen LogP contribution < -0.4 is 0 Å². The van der Waals surface area contributed by atoms with E-state index in [9.17, 15) is 0 Å². The molecule has 0 saturated carbocycles. The number of rotatable bonds is 4. The fraction of sp³-hybridized carbons (Fsp3) is 0.333. The molecule has 0 bridgehead atoms. The Labute approximate surface area is 90.8 Å². The molecule has 66 valence electrons. The van der Waals surface area contributed by atoms with Gasteiger partial charge in [0, 0.05) is 21.9 Å². The highest BCUT2D eigenvalue weighted by molar-refractivity contribution is 9.10. The first-order valence-corrected chi connectivity index (χ1v) is 6.19. The molecule has 0 spiro atoms. The Morgan fingerprint density at radius 2 is 2.25 bits per heavy atom. The van der Waals surface area contributed by atoms with E-state index in [0.29, 0.717) is 0 Å². The van der Waals surface area contributed by atoms with Crippen molar-refractivity contribution < 1.29 is 0 Å². The topological polar surface area (TPSA) is 0 Å². The second-order valence-corrected chi connectivity index (χ2v) is 4.77. The van der Waals surface area contributed by atoms with Crippen LogP contribution in [-0.2, 0) is 5.75 Å². The molecule has 0 aliphatic heterocycles. The molecule has 1 rings (SSSR count). The number of hydrogen-bond acceptors (Lipinski definition) is 1. The molecule has 0 unspecified atom stereocenters. The molecule has 0 amide bonds. The summed E-state index contributed by atoms with van der Waals surface area (Å²) in [5.41, 5.74) is 1.35. The number of alkyl halides is 1. The molecule has 0 atom stereocenters. The fourth-order valence-electron chi connectivity index (χ4n) is 0.871. The predicted octanol–water partition coefficient (Wildman–Crippen LogP) is 3.92. The third kappa shape index (κ3) is 3.83. The summed E-state index contributed by atoms with van der Waals surface area (Å²) in [4.78, 5) is 0. The average molecular weight is 266 g/mol. The zero-order chi connectivity index (χ0) is 8.81. The summed E-state index contributed by atoms with van der Waals surface area (Å²) in [5.74, 6) is 2.80. The van der Waals surface area contributed by atoms with Gasteiger partial charge in [-0.1, -0.05) is 28.1 Å². The van der Waals surface area contributed by atoms with Crippen molar-refractivity contribution in [2.24, 2.45) is 0 Å². The Hall–Kier alpha value is 0.340. The van der Waals surface area contributed by atoms with E-state index in [1.807, 2.05) is 17.8 Å². The van der Waals surface area contributed by atoms with Crippen molar-refractivity contribution in [1.29, 1.82) is 0 Å². The van der Waals surface area contributed by atoms with Crippen molar-refractivity contribution in [3.63, 3.8) is 0 Å². The van der Waals surface area contributed by atoms with Crippen LogP contribution in [0.1, 0.15) is 5.56 Å². The van der Waals surface area contributed by atoms with Crippen molar-refractivity contribution in [1.82, 2.24) is 0 Å². The van der Waals surface area contributed by atoms with Crippen LogP contribution >= 0.6 is 39.3 Å². The Morgan fingerprint density at radius 1 is 1.42 bits per heavy atom. The van der Waals surface area contributed by atoms with Crippen LogP contribution in [0.25, 0.3) is 0 Å².